The summed E-state index contributed by atoms with van der Waals surface area (Å²) in [4.78, 5) is 15.1. The van der Waals surface area contributed by atoms with E-state index in [1.807, 2.05) is 19.9 Å². The van der Waals surface area contributed by atoms with Crippen molar-refractivity contribution in [2.75, 3.05) is 31.5 Å². The summed E-state index contributed by atoms with van der Waals surface area (Å²) in [7, 11) is 0. The number of rotatable bonds is 5. The Labute approximate surface area is 161 Å². The fourth-order valence-electron chi connectivity index (χ4n) is 3.47. The zero-order valence-corrected chi connectivity index (χ0v) is 15.9. The number of amides is 1. The van der Waals surface area contributed by atoms with Crippen molar-refractivity contribution in [1.82, 2.24) is 5.16 Å². The summed E-state index contributed by atoms with van der Waals surface area (Å²) in [6.07, 6.45) is -4.38. The molecule has 1 amide bonds. The van der Waals surface area contributed by atoms with Gasteiger partial charge in [0.05, 0.1) is 5.56 Å². The van der Waals surface area contributed by atoms with Gasteiger partial charge in [0.25, 0.3) is 5.91 Å². The van der Waals surface area contributed by atoms with E-state index in [-0.39, 0.29) is 11.9 Å². The molecule has 1 fully saturated rings. The Kier molecular flexibility index (Phi) is 6.04. The Morgan fingerprint density at radius 1 is 1.21 bits per heavy atom. The predicted octanol–water partition coefficient (Wildman–Crippen LogP) is 0.312. The fraction of sp³-hybridized carbons (Fsp3) is 0.474. The maximum atomic E-state index is 12.6. The Hall–Kier alpha value is -2.39. The van der Waals surface area contributed by atoms with Crippen LogP contribution >= 0.6 is 0 Å². The van der Waals surface area contributed by atoms with Crippen molar-refractivity contribution in [2.24, 2.45) is 0 Å². The van der Waals surface area contributed by atoms with Gasteiger partial charge in [0.1, 0.15) is 44.2 Å². The smallest absolute Gasteiger partial charge is 0.361 e. The lowest BCUT2D eigenvalue weighted by Crippen LogP contribution is -3.29. The molecule has 3 N–H and O–H groups in total. The van der Waals surface area contributed by atoms with Gasteiger partial charge in [0.2, 0.25) is 0 Å². The van der Waals surface area contributed by atoms with Crippen LogP contribution in [0, 0.1) is 6.92 Å². The molecule has 3 rings (SSSR count). The summed E-state index contributed by atoms with van der Waals surface area (Å²) in [6.45, 7) is 8.03. The van der Waals surface area contributed by atoms with E-state index in [1.54, 1.807) is 0 Å². The van der Waals surface area contributed by atoms with Gasteiger partial charge in [-0.25, -0.2) is 0 Å². The van der Waals surface area contributed by atoms with Crippen LogP contribution in [0.3, 0.4) is 0 Å². The first kappa shape index (κ1) is 20.3. The third kappa shape index (κ3) is 5.11. The van der Waals surface area contributed by atoms with Crippen molar-refractivity contribution >= 4 is 11.6 Å². The Balaban J connectivity index is 1.49. The lowest BCUT2D eigenvalue weighted by Gasteiger charge is -2.32. The van der Waals surface area contributed by atoms with Gasteiger partial charge in [-0.3, -0.25) is 4.79 Å². The molecule has 0 spiro atoms. The highest BCUT2D eigenvalue weighted by atomic mass is 19.4. The van der Waals surface area contributed by atoms with Gasteiger partial charge in [-0.1, -0.05) is 5.16 Å². The Morgan fingerprint density at radius 2 is 1.86 bits per heavy atom. The molecule has 1 aromatic carbocycles. The number of nitrogens with zero attached hydrogens (tertiary/aromatic N) is 1. The molecule has 2 aromatic rings. The molecule has 0 radical (unpaired) electrons. The zero-order valence-electron chi connectivity index (χ0n) is 15.9. The normalized spacial score (nSPS) is 21.3. The van der Waals surface area contributed by atoms with Crippen LogP contribution in [-0.2, 0) is 17.5 Å². The van der Waals surface area contributed by atoms with E-state index in [0.29, 0.717) is 5.69 Å². The van der Waals surface area contributed by atoms with E-state index in [4.69, 9.17) is 4.52 Å². The van der Waals surface area contributed by atoms with Crippen LogP contribution in [0.5, 0.6) is 0 Å². The molecule has 9 heteroatoms. The minimum absolute atomic E-state index is 0.190. The molecular weight excluding hydrogens is 373 g/mol. The molecule has 28 heavy (non-hydrogen) atoms. The highest BCUT2D eigenvalue weighted by molar-refractivity contribution is 5.93. The molecule has 2 heterocycles. The quantitative estimate of drug-likeness (QED) is 0.680. The largest absolute Gasteiger partial charge is 0.416 e. The predicted molar refractivity (Wildman–Crippen MR) is 95.9 cm³/mol. The number of hydrogen-bond donors (Lipinski definition) is 3. The minimum Gasteiger partial charge on any atom is -0.361 e. The number of piperazine rings is 1. The van der Waals surface area contributed by atoms with Crippen molar-refractivity contribution in [3.8, 4) is 0 Å². The maximum Gasteiger partial charge on any atom is 0.416 e. The number of carbonyl (C=O) groups is 1. The number of aromatic nitrogens is 1. The molecule has 1 saturated heterocycles. The van der Waals surface area contributed by atoms with Gasteiger partial charge in [0.15, 0.2) is 6.04 Å². The van der Waals surface area contributed by atoms with Crippen LogP contribution in [0.4, 0.5) is 18.9 Å². The monoisotopic (exact) mass is 398 g/mol. The third-order valence-electron chi connectivity index (χ3n) is 5.19. The Morgan fingerprint density at radius 3 is 2.39 bits per heavy atom. The molecule has 1 aliphatic rings. The maximum absolute atomic E-state index is 12.6. The molecule has 0 unspecified atom stereocenters. The lowest BCUT2D eigenvalue weighted by atomic mass is 10.1. The van der Waals surface area contributed by atoms with Crippen molar-refractivity contribution in [1.29, 1.82) is 0 Å². The summed E-state index contributed by atoms with van der Waals surface area (Å²) in [5.41, 5.74) is 0.574. The first-order valence-electron chi connectivity index (χ1n) is 9.31. The topological polar surface area (TPSA) is 64.0 Å². The number of nitrogens with one attached hydrogen (secondary N) is 3. The first-order valence-corrected chi connectivity index (χ1v) is 9.31. The van der Waals surface area contributed by atoms with Gasteiger partial charge < -0.3 is 19.6 Å². The van der Waals surface area contributed by atoms with Crippen LogP contribution in [0.15, 0.2) is 34.9 Å². The Bertz CT molecular complexity index is 796. The third-order valence-corrected chi connectivity index (χ3v) is 5.19. The molecule has 0 bridgehead atoms. The molecule has 152 valence electrons. The van der Waals surface area contributed by atoms with Gasteiger partial charge in [-0.2, -0.15) is 13.2 Å². The van der Waals surface area contributed by atoms with Gasteiger partial charge in [-0.15, -0.1) is 0 Å². The summed E-state index contributed by atoms with van der Waals surface area (Å²) in [5, 5.41) is 6.74. The summed E-state index contributed by atoms with van der Waals surface area (Å²) >= 11 is 0. The lowest BCUT2D eigenvalue weighted by molar-refractivity contribution is -1.02. The van der Waals surface area contributed by atoms with Gasteiger partial charge in [-0.05, 0) is 38.1 Å². The van der Waals surface area contributed by atoms with E-state index in [2.05, 4.69) is 10.5 Å². The standard InChI is InChI=1S/C19H23F3N4O2/c1-13-11-17(24-28-13)12-25-7-9-26(10-8-25)14(2)18(27)23-16-5-3-15(4-6-16)19(20,21)22/h3-6,11,14H,7-10,12H2,1-2H3,(H,23,27)/p+2/t14-/m1/s1. The van der Waals surface area contributed by atoms with Crippen LogP contribution in [-0.4, -0.2) is 43.3 Å². The van der Waals surface area contributed by atoms with Crippen molar-refractivity contribution < 1.29 is 32.3 Å². The molecular formula is C19H25F3N4O2+2. The number of halogens is 3. The number of alkyl halides is 3. The van der Waals surface area contributed by atoms with Crippen LogP contribution < -0.4 is 15.1 Å². The molecule has 1 atom stereocenters. The van der Waals surface area contributed by atoms with Gasteiger partial charge in [0, 0.05) is 11.8 Å². The number of hydrogen-bond acceptors (Lipinski definition) is 3. The first-order chi connectivity index (χ1) is 13.2. The van der Waals surface area contributed by atoms with Crippen molar-refractivity contribution in [3.05, 3.63) is 47.3 Å². The number of benzene rings is 1. The number of anilines is 1. The second-order valence-electron chi connectivity index (χ2n) is 7.30. The average molecular weight is 398 g/mol. The molecule has 6 nitrogen and oxygen atoms in total. The molecule has 1 aromatic heterocycles. The van der Waals surface area contributed by atoms with Crippen LogP contribution in [0.2, 0.25) is 0 Å². The van der Waals surface area contributed by atoms with E-state index < -0.39 is 11.7 Å². The highest BCUT2D eigenvalue weighted by Crippen LogP contribution is 2.29. The summed E-state index contributed by atoms with van der Waals surface area (Å²) in [5.74, 6) is 0.609. The molecule has 0 saturated carbocycles. The van der Waals surface area contributed by atoms with E-state index in [1.165, 1.54) is 21.9 Å². The summed E-state index contributed by atoms with van der Waals surface area (Å²) in [6, 6.07) is 6.17. The van der Waals surface area contributed by atoms with E-state index in [9.17, 15) is 18.0 Å². The molecule has 0 aliphatic carbocycles. The van der Waals surface area contributed by atoms with E-state index >= 15 is 0 Å². The second-order valence-corrected chi connectivity index (χ2v) is 7.30. The number of aryl methyl sites for hydroxylation is 1. The second kappa shape index (κ2) is 8.32. The fourth-order valence-corrected chi connectivity index (χ4v) is 3.47. The average Bonchev–Trinajstić information content (AvgIpc) is 3.06. The SMILES string of the molecule is Cc1cc(C[NH+]2CC[NH+]([C@H](C)C(=O)Nc3ccc(C(F)(F)F)cc3)CC2)no1. The number of quaternary nitrogens is 2. The summed E-state index contributed by atoms with van der Waals surface area (Å²) < 4.78 is 43.0. The van der Waals surface area contributed by atoms with Crippen LogP contribution in [0.25, 0.3) is 0 Å². The van der Waals surface area contributed by atoms with E-state index in [0.717, 1.165) is 56.3 Å². The zero-order chi connectivity index (χ0) is 20.3. The number of carbonyl (C=O) groups excluding carboxylic acids is 1. The minimum atomic E-state index is -4.38. The van der Waals surface area contributed by atoms with Gasteiger partial charge >= 0.3 is 6.18 Å². The van der Waals surface area contributed by atoms with Crippen molar-refractivity contribution in [2.45, 2.75) is 32.6 Å². The van der Waals surface area contributed by atoms with Crippen LogP contribution in [0.1, 0.15) is 23.9 Å². The van der Waals surface area contributed by atoms with Crippen molar-refractivity contribution in [3.63, 3.8) is 0 Å². The highest BCUT2D eigenvalue weighted by Gasteiger charge is 2.32. The molecule has 1 aliphatic heterocycles.